The molecule has 1 aromatic rings. The largest absolute Gasteiger partial charge is 0.497 e. The summed E-state index contributed by atoms with van der Waals surface area (Å²) in [5.41, 5.74) is 0.793. The highest BCUT2D eigenvalue weighted by Gasteiger charge is 2.08. The van der Waals surface area contributed by atoms with Gasteiger partial charge in [-0.1, -0.05) is 26.0 Å². The van der Waals surface area contributed by atoms with E-state index < -0.39 is 6.10 Å². The Morgan fingerprint density at radius 1 is 1.27 bits per heavy atom. The number of benzene rings is 1. The third-order valence-electron chi connectivity index (χ3n) is 3.45. The fourth-order valence-corrected chi connectivity index (χ4v) is 2.17. The number of guanidine groups is 1. The smallest absolute Gasteiger partial charge is 0.191 e. The summed E-state index contributed by atoms with van der Waals surface area (Å²) < 4.78 is 10.7. The number of methoxy groups -OCH3 is 1. The van der Waals surface area contributed by atoms with Gasteiger partial charge in [0.15, 0.2) is 5.96 Å². The highest BCUT2D eigenvalue weighted by molar-refractivity contribution is 14.0. The number of ether oxygens (including phenoxy) is 2. The average molecular weight is 479 g/mol. The lowest BCUT2D eigenvalue weighted by Gasteiger charge is -2.14. The first-order valence-electron chi connectivity index (χ1n) is 8.98. The molecule has 26 heavy (non-hydrogen) atoms. The number of aliphatic hydroxyl groups is 1. The maximum Gasteiger partial charge on any atom is 0.191 e. The molecule has 0 saturated carbocycles. The number of aliphatic imine (C=N–C) groups is 1. The lowest BCUT2D eigenvalue weighted by atomic mass is 10.1. The van der Waals surface area contributed by atoms with Crippen LogP contribution >= 0.6 is 24.0 Å². The van der Waals surface area contributed by atoms with Crippen LogP contribution in [0.3, 0.4) is 0 Å². The SMILES string of the molecule is CCNC(=NCC(O)c1cccc(OC)c1)NCCCOCC(C)C.I. The Morgan fingerprint density at radius 3 is 2.69 bits per heavy atom. The van der Waals surface area contributed by atoms with Crippen LogP contribution in [0, 0.1) is 5.92 Å². The van der Waals surface area contributed by atoms with E-state index in [2.05, 4.69) is 29.5 Å². The normalized spacial score (nSPS) is 12.5. The van der Waals surface area contributed by atoms with E-state index in [9.17, 15) is 5.11 Å². The molecular formula is C19H34IN3O3. The number of hydrogen-bond acceptors (Lipinski definition) is 4. The number of rotatable bonds is 11. The maximum absolute atomic E-state index is 10.3. The molecule has 0 saturated heterocycles. The van der Waals surface area contributed by atoms with Crippen molar-refractivity contribution in [3.05, 3.63) is 29.8 Å². The van der Waals surface area contributed by atoms with Crippen molar-refractivity contribution in [3.63, 3.8) is 0 Å². The average Bonchev–Trinajstić information content (AvgIpc) is 2.61. The van der Waals surface area contributed by atoms with Gasteiger partial charge >= 0.3 is 0 Å². The minimum atomic E-state index is -0.667. The molecule has 0 bridgehead atoms. The quantitative estimate of drug-likeness (QED) is 0.197. The van der Waals surface area contributed by atoms with E-state index >= 15 is 0 Å². The molecule has 7 heteroatoms. The third kappa shape index (κ3) is 10.8. The van der Waals surface area contributed by atoms with E-state index in [-0.39, 0.29) is 30.5 Å². The van der Waals surface area contributed by atoms with E-state index in [4.69, 9.17) is 9.47 Å². The first-order chi connectivity index (χ1) is 12.1. The molecule has 6 nitrogen and oxygen atoms in total. The monoisotopic (exact) mass is 479 g/mol. The minimum Gasteiger partial charge on any atom is -0.497 e. The number of nitrogens with zero attached hydrogens (tertiary/aromatic N) is 1. The summed E-state index contributed by atoms with van der Waals surface area (Å²) >= 11 is 0. The van der Waals surface area contributed by atoms with Crippen molar-refractivity contribution in [2.75, 3.05) is 40.0 Å². The summed E-state index contributed by atoms with van der Waals surface area (Å²) in [5.74, 6) is 1.99. The molecule has 1 unspecified atom stereocenters. The summed E-state index contributed by atoms with van der Waals surface area (Å²) in [7, 11) is 1.61. The van der Waals surface area contributed by atoms with Gasteiger partial charge in [0.05, 0.1) is 19.8 Å². The summed E-state index contributed by atoms with van der Waals surface area (Å²) in [5, 5.41) is 16.8. The van der Waals surface area contributed by atoms with Gasteiger partial charge in [0, 0.05) is 26.3 Å². The van der Waals surface area contributed by atoms with Gasteiger partial charge in [-0.3, -0.25) is 4.99 Å². The minimum absolute atomic E-state index is 0. The van der Waals surface area contributed by atoms with Crippen molar-refractivity contribution >= 4 is 29.9 Å². The predicted molar refractivity (Wildman–Crippen MR) is 118 cm³/mol. The molecule has 0 amide bonds. The first kappa shape index (κ1) is 24.9. The van der Waals surface area contributed by atoms with E-state index in [1.165, 1.54) is 0 Å². The fourth-order valence-electron chi connectivity index (χ4n) is 2.17. The number of hydrogen-bond donors (Lipinski definition) is 3. The molecular weight excluding hydrogens is 445 g/mol. The van der Waals surface area contributed by atoms with Gasteiger partial charge in [-0.2, -0.15) is 0 Å². The van der Waals surface area contributed by atoms with Crippen molar-refractivity contribution in [1.82, 2.24) is 10.6 Å². The molecule has 3 N–H and O–H groups in total. The molecule has 0 heterocycles. The molecule has 150 valence electrons. The van der Waals surface area contributed by atoms with Gasteiger partial charge in [0.25, 0.3) is 0 Å². The predicted octanol–water partition coefficient (Wildman–Crippen LogP) is 2.96. The Labute approximate surface area is 174 Å². The molecule has 0 aromatic heterocycles. The Bertz CT molecular complexity index is 513. The van der Waals surface area contributed by atoms with Crippen molar-refractivity contribution in [3.8, 4) is 5.75 Å². The molecule has 1 atom stereocenters. The van der Waals surface area contributed by atoms with E-state index in [1.54, 1.807) is 7.11 Å². The highest BCUT2D eigenvalue weighted by Crippen LogP contribution is 2.19. The summed E-state index contributed by atoms with van der Waals surface area (Å²) in [6.45, 7) is 9.65. The van der Waals surface area contributed by atoms with E-state index in [1.807, 2.05) is 31.2 Å². The van der Waals surface area contributed by atoms with Crippen LogP contribution in [0.4, 0.5) is 0 Å². The Balaban J connectivity index is 0.00000625. The number of halogens is 1. The van der Waals surface area contributed by atoms with Crippen LogP contribution in [0.25, 0.3) is 0 Å². The van der Waals surface area contributed by atoms with Crippen LogP contribution in [0.5, 0.6) is 5.75 Å². The molecule has 1 rings (SSSR count). The summed E-state index contributed by atoms with van der Waals surface area (Å²) in [4.78, 5) is 4.45. The van der Waals surface area contributed by atoms with Crippen LogP contribution in [0.15, 0.2) is 29.3 Å². The van der Waals surface area contributed by atoms with Crippen molar-refractivity contribution in [2.45, 2.75) is 33.3 Å². The van der Waals surface area contributed by atoms with Crippen LogP contribution < -0.4 is 15.4 Å². The van der Waals surface area contributed by atoms with E-state index in [0.717, 1.165) is 44.0 Å². The van der Waals surface area contributed by atoms with Crippen molar-refractivity contribution < 1.29 is 14.6 Å². The van der Waals surface area contributed by atoms with Gasteiger partial charge in [0.2, 0.25) is 0 Å². The van der Waals surface area contributed by atoms with Crippen molar-refractivity contribution in [2.24, 2.45) is 10.9 Å². The Morgan fingerprint density at radius 2 is 2.04 bits per heavy atom. The Hall–Kier alpha value is -1.06. The zero-order chi connectivity index (χ0) is 18.5. The van der Waals surface area contributed by atoms with Gasteiger partial charge in [0.1, 0.15) is 5.75 Å². The second kappa shape index (κ2) is 15.0. The van der Waals surface area contributed by atoms with Crippen LogP contribution in [-0.4, -0.2) is 51.0 Å². The van der Waals surface area contributed by atoms with Gasteiger partial charge < -0.3 is 25.2 Å². The standard InChI is InChI=1S/C19H33N3O3.HI/c1-5-20-19(21-10-7-11-25-14-15(2)3)22-13-18(23)16-8-6-9-17(12-16)24-4;/h6,8-9,12,15,18,23H,5,7,10-11,13-14H2,1-4H3,(H2,20,21,22);1H. The van der Waals surface area contributed by atoms with Gasteiger partial charge in [-0.15, -0.1) is 24.0 Å². The topological polar surface area (TPSA) is 75.1 Å². The highest BCUT2D eigenvalue weighted by atomic mass is 127. The number of aliphatic hydroxyl groups excluding tert-OH is 1. The van der Waals surface area contributed by atoms with Gasteiger partial charge in [-0.05, 0) is 37.0 Å². The van der Waals surface area contributed by atoms with Gasteiger partial charge in [-0.25, -0.2) is 0 Å². The molecule has 0 spiro atoms. The second-order valence-electron chi connectivity index (χ2n) is 6.26. The van der Waals surface area contributed by atoms with Crippen LogP contribution in [-0.2, 0) is 4.74 Å². The maximum atomic E-state index is 10.3. The number of nitrogens with one attached hydrogen (secondary N) is 2. The van der Waals surface area contributed by atoms with Crippen molar-refractivity contribution in [1.29, 1.82) is 0 Å². The Kier molecular flexibility index (Phi) is 14.4. The summed E-state index contributed by atoms with van der Waals surface area (Å²) in [6.07, 6.45) is 0.246. The first-order valence-corrected chi connectivity index (χ1v) is 8.98. The second-order valence-corrected chi connectivity index (χ2v) is 6.26. The van der Waals surface area contributed by atoms with Crippen LogP contribution in [0.2, 0.25) is 0 Å². The molecule has 0 aliphatic heterocycles. The zero-order valence-electron chi connectivity index (χ0n) is 16.3. The molecule has 1 aromatic carbocycles. The molecule has 0 radical (unpaired) electrons. The fraction of sp³-hybridized carbons (Fsp3) is 0.632. The van der Waals surface area contributed by atoms with E-state index in [0.29, 0.717) is 11.9 Å². The molecule has 0 aliphatic carbocycles. The molecule has 0 fully saturated rings. The lowest BCUT2D eigenvalue weighted by molar-refractivity contribution is 0.108. The van der Waals surface area contributed by atoms with Crippen LogP contribution in [0.1, 0.15) is 38.9 Å². The summed E-state index contributed by atoms with van der Waals surface area (Å²) in [6, 6.07) is 7.41. The third-order valence-corrected chi connectivity index (χ3v) is 3.45. The lowest BCUT2D eigenvalue weighted by Crippen LogP contribution is -2.38. The zero-order valence-corrected chi connectivity index (χ0v) is 18.7. The molecule has 0 aliphatic rings.